The molecule has 0 fully saturated rings. The van der Waals surface area contributed by atoms with Crippen LogP contribution in [0.3, 0.4) is 0 Å². The summed E-state index contributed by atoms with van der Waals surface area (Å²) in [5, 5.41) is 2.27. The molecule has 0 aliphatic carbocycles. The summed E-state index contributed by atoms with van der Waals surface area (Å²) >= 11 is 0. The number of pyridine rings is 1. The Morgan fingerprint density at radius 2 is 1.69 bits per heavy atom. The molecule has 0 spiro atoms. The molecule has 16 heavy (non-hydrogen) atoms. The van der Waals surface area contributed by atoms with Crippen LogP contribution >= 0.6 is 0 Å². The van der Waals surface area contributed by atoms with Gasteiger partial charge < -0.3 is 10.1 Å². The van der Waals surface area contributed by atoms with Gasteiger partial charge in [-0.05, 0) is 6.92 Å². The highest BCUT2D eigenvalue weighted by Gasteiger charge is 2.21. The van der Waals surface area contributed by atoms with Crippen LogP contribution in [0.25, 0.3) is 0 Å². The van der Waals surface area contributed by atoms with Crippen LogP contribution in [0.4, 0.5) is 23.2 Å². The van der Waals surface area contributed by atoms with Gasteiger partial charge in [-0.1, -0.05) is 0 Å². The normalized spacial score (nSPS) is 12.6. The maximum absolute atomic E-state index is 13.1. The van der Waals surface area contributed by atoms with Gasteiger partial charge in [-0.2, -0.15) is 22.5 Å². The van der Waals surface area contributed by atoms with Crippen molar-refractivity contribution in [1.82, 2.24) is 4.98 Å². The molecule has 0 saturated carbocycles. The summed E-state index contributed by atoms with van der Waals surface area (Å²) in [4.78, 5) is 2.43. The zero-order chi connectivity index (χ0) is 12.3. The van der Waals surface area contributed by atoms with E-state index in [1.165, 1.54) is 7.11 Å². The second kappa shape index (κ2) is 5.11. The first-order chi connectivity index (χ1) is 7.47. The van der Waals surface area contributed by atoms with Gasteiger partial charge in [-0.25, -0.2) is 0 Å². The number of ether oxygens (including phenoxy) is 1. The van der Waals surface area contributed by atoms with E-state index in [1.54, 1.807) is 6.92 Å². The first kappa shape index (κ1) is 12.7. The minimum absolute atomic E-state index is 0.129. The largest absolute Gasteiger partial charge is 0.383 e. The average molecular weight is 238 g/mol. The summed E-state index contributed by atoms with van der Waals surface area (Å²) in [5.41, 5.74) is -0.880. The standard InChI is InChI=1S/C9H10F4N2O/c1-4(3-16-2)14-7-5(10)8(12)15-9(13)6(7)11/h4H,3H2,1-2H3,(H,14,15). The van der Waals surface area contributed by atoms with Crippen LogP contribution in [0.15, 0.2) is 0 Å². The Morgan fingerprint density at radius 3 is 2.12 bits per heavy atom. The molecule has 1 N–H and O–H groups in total. The van der Waals surface area contributed by atoms with Crippen LogP contribution < -0.4 is 5.32 Å². The summed E-state index contributed by atoms with van der Waals surface area (Å²) in [6.07, 6.45) is 0. The van der Waals surface area contributed by atoms with Crippen LogP contribution in [-0.4, -0.2) is 24.7 Å². The quantitative estimate of drug-likeness (QED) is 0.644. The minimum atomic E-state index is -1.69. The number of nitrogens with one attached hydrogen (secondary N) is 1. The molecule has 1 heterocycles. The fourth-order valence-corrected chi connectivity index (χ4v) is 1.15. The number of nitrogens with zero attached hydrogens (tertiary/aromatic N) is 1. The van der Waals surface area contributed by atoms with Crippen LogP contribution in [0, 0.1) is 23.5 Å². The van der Waals surface area contributed by atoms with Gasteiger partial charge >= 0.3 is 0 Å². The molecular formula is C9H10F4N2O. The van der Waals surface area contributed by atoms with Crippen molar-refractivity contribution in [3.8, 4) is 0 Å². The van der Waals surface area contributed by atoms with E-state index in [0.717, 1.165) is 0 Å². The van der Waals surface area contributed by atoms with Crippen LogP contribution in [0.5, 0.6) is 0 Å². The lowest BCUT2D eigenvalue weighted by molar-refractivity contribution is 0.190. The van der Waals surface area contributed by atoms with E-state index in [1.807, 2.05) is 0 Å². The van der Waals surface area contributed by atoms with E-state index in [0.29, 0.717) is 0 Å². The van der Waals surface area contributed by atoms with Crippen LogP contribution in [-0.2, 0) is 4.74 Å². The fourth-order valence-electron chi connectivity index (χ4n) is 1.15. The second-order valence-corrected chi connectivity index (χ2v) is 3.20. The Balaban J connectivity index is 3.03. The zero-order valence-electron chi connectivity index (χ0n) is 8.65. The molecule has 0 aliphatic heterocycles. The predicted octanol–water partition coefficient (Wildman–Crippen LogP) is 2.08. The van der Waals surface area contributed by atoms with Gasteiger partial charge in [0.2, 0.25) is 11.6 Å². The number of anilines is 1. The summed E-state index contributed by atoms with van der Waals surface area (Å²) in [6, 6.07) is -0.504. The highest BCUT2D eigenvalue weighted by atomic mass is 19.2. The van der Waals surface area contributed by atoms with Gasteiger partial charge in [-0.3, -0.25) is 0 Å². The number of hydrogen-bond acceptors (Lipinski definition) is 3. The van der Waals surface area contributed by atoms with Crippen LogP contribution in [0.2, 0.25) is 0 Å². The lowest BCUT2D eigenvalue weighted by Crippen LogP contribution is -2.23. The fraction of sp³-hybridized carbons (Fsp3) is 0.444. The number of methoxy groups -OCH3 is 1. The first-order valence-electron chi connectivity index (χ1n) is 4.42. The highest BCUT2D eigenvalue weighted by molar-refractivity contribution is 5.46. The van der Waals surface area contributed by atoms with E-state index in [2.05, 4.69) is 10.3 Å². The van der Waals surface area contributed by atoms with E-state index in [9.17, 15) is 17.6 Å². The molecule has 1 aromatic heterocycles. The number of hydrogen-bond donors (Lipinski definition) is 1. The van der Waals surface area contributed by atoms with Crippen molar-refractivity contribution in [3.63, 3.8) is 0 Å². The van der Waals surface area contributed by atoms with Gasteiger partial charge in [0.15, 0.2) is 0 Å². The maximum atomic E-state index is 13.1. The molecular weight excluding hydrogens is 228 g/mol. The van der Waals surface area contributed by atoms with Crippen molar-refractivity contribution < 1.29 is 22.3 Å². The average Bonchev–Trinajstić information content (AvgIpc) is 2.22. The predicted molar refractivity (Wildman–Crippen MR) is 49.0 cm³/mol. The van der Waals surface area contributed by atoms with Crippen molar-refractivity contribution >= 4 is 5.69 Å². The van der Waals surface area contributed by atoms with E-state index < -0.39 is 35.3 Å². The van der Waals surface area contributed by atoms with Gasteiger partial charge in [0.25, 0.3) is 11.9 Å². The molecule has 1 aromatic rings. The smallest absolute Gasteiger partial charge is 0.253 e. The molecule has 0 aliphatic rings. The monoisotopic (exact) mass is 238 g/mol. The molecule has 1 atom stereocenters. The third-order valence-corrected chi connectivity index (χ3v) is 1.80. The Morgan fingerprint density at radius 1 is 1.19 bits per heavy atom. The number of rotatable bonds is 4. The molecule has 90 valence electrons. The van der Waals surface area contributed by atoms with Crippen LogP contribution in [0.1, 0.15) is 6.92 Å². The minimum Gasteiger partial charge on any atom is -0.383 e. The van der Waals surface area contributed by atoms with E-state index in [-0.39, 0.29) is 6.61 Å². The number of halogens is 4. The molecule has 0 aromatic carbocycles. The van der Waals surface area contributed by atoms with Gasteiger partial charge in [0.1, 0.15) is 5.69 Å². The van der Waals surface area contributed by atoms with Gasteiger partial charge in [-0.15, -0.1) is 0 Å². The molecule has 0 saturated heterocycles. The summed E-state index contributed by atoms with van der Waals surface area (Å²) < 4.78 is 56.3. The Hall–Kier alpha value is -1.37. The SMILES string of the molecule is COCC(C)Nc1c(F)c(F)nc(F)c1F. The van der Waals surface area contributed by atoms with Crippen molar-refractivity contribution in [3.05, 3.63) is 23.5 Å². The molecule has 7 heteroatoms. The van der Waals surface area contributed by atoms with Crippen molar-refractivity contribution in [2.24, 2.45) is 0 Å². The van der Waals surface area contributed by atoms with Crippen molar-refractivity contribution in [2.75, 3.05) is 19.0 Å². The molecule has 1 rings (SSSR count). The lowest BCUT2D eigenvalue weighted by atomic mass is 10.3. The van der Waals surface area contributed by atoms with E-state index in [4.69, 9.17) is 4.74 Å². The highest BCUT2D eigenvalue weighted by Crippen LogP contribution is 2.22. The van der Waals surface area contributed by atoms with Gasteiger partial charge in [0, 0.05) is 13.2 Å². The first-order valence-corrected chi connectivity index (χ1v) is 4.42. The van der Waals surface area contributed by atoms with Gasteiger partial charge in [0.05, 0.1) is 6.61 Å². The summed E-state index contributed by atoms with van der Waals surface area (Å²) in [5.74, 6) is -6.49. The molecule has 0 amide bonds. The summed E-state index contributed by atoms with van der Waals surface area (Å²) in [7, 11) is 1.39. The zero-order valence-corrected chi connectivity index (χ0v) is 8.65. The lowest BCUT2D eigenvalue weighted by Gasteiger charge is -2.15. The molecule has 1 unspecified atom stereocenters. The third-order valence-electron chi connectivity index (χ3n) is 1.80. The molecule has 0 radical (unpaired) electrons. The number of aromatic nitrogens is 1. The Labute approximate surface area is 89.4 Å². The molecule has 3 nitrogen and oxygen atoms in total. The topological polar surface area (TPSA) is 34.1 Å². The Bertz CT molecular complexity index is 360. The second-order valence-electron chi connectivity index (χ2n) is 3.20. The van der Waals surface area contributed by atoms with Crippen molar-refractivity contribution in [1.29, 1.82) is 0 Å². The molecule has 0 bridgehead atoms. The van der Waals surface area contributed by atoms with Crippen molar-refractivity contribution in [2.45, 2.75) is 13.0 Å². The maximum Gasteiger partial charge on any atom is 0.253 e. The third kappa shape index (κ3) is 2.60. The summed E-state index contributed by atoms with van der Waals surface area (Å²) in [6.45, 7) is 1.67. The Kier molecular flexibility index (Phi) is 4.05. The van der Waals surface area contributed by atoms with E-state index >= 15 is 0 Å².